The lowest BCUT2D eigenvalue weighted by Gasteiger charge is -2.42. The highest BCUT2D eigenvalue weighted by atomic mass is 16.8. The van der Waals surface area contributed by atoms with Gasteiger partial charge in [0.25, 0.3) is 0 Å². The standard InChI is InChI=1S/C12H20O12/c13-1-3-4(15)9(19)12(2-14,23-3)24-11-7(18)5(16)6(17)8(22-11)10(20)21/h3-9,11,13-19H,1-2H2,(H,20,21)/t3?,4?,5?,6?,7?,8?,9?,11?,12-/m0/s1. The highest BCUT2D eigenvalue weighted by Gasteiger charge is 2.58. The molecule has 2 fully saturated rings. The van der Waals surface area contributed by atoms with E-state index >= 15 is 0 Å². The maximum Gasteiger partial charge on any atom is 0.335 e. The van der Waals surface area contributed by atoms with Gasteiger partial charge in [-0.15, -0.1) is 0 Å². The van der Waals surface area contributed by atoms with E-state index in [9.17, 15) is 35.4 Å². The summed E-state index contributed by atoms with van der Waals surface area (Å²) in [5, 5.41) is 76.4. The number of carboxylic acid groups (broad SMARTS) is 1. The van der Waals surface area contributed by atoms with E-state index in [-0.39, 0.29) is 0 Å². The molecular weight excluding hydrogens is 336 g/mol. The van der Waals surface area contributed by atoms with Gasteiger partial charge in [0.1, 0.15) is 43.2 Å². The average molecular weight is 356 g/mol. The van der Waals surface area contributed by atoms with Crippen LogP contribution in [-0.2, 0) is 19.0 Å². The largest absolute Gasteiger partial charge is 0.479 e. The Morgan fingerprint density at radius 1 is 1.00 bits per heavy atom. The fourth-order valence-corrected chi connectivity index (χ4v) is 2.62. The normalized spacial score (nSPS) is 49.3. The molecule has 24 heavy (non-hydrogen) atoms. The Labute approximate surface area is 135 Å². The Bertz CT molecular complexity index is 459. The molecule has 0 aromatic heterocycles. The third kappa shape index (κ3) is 3.13. The lowest BCUT2D eigenvalue weighted by molar-refractivity contribution is -0.379. The maximum atomic E-state index is 11.0. The zero-order chi connectivity index (χ0) is 18.2. The first-order chi connectivity index (χ1) is 11.2. The molecule has 2 aliphatic heterocycles. The van der Waals surface area contributed by atoms with Gasteiger partial charge in [-0.25, -0.2) is 4.79 Å². The van der Waals surface area contributed by atoms with Gasteiger partial charge in [0.05, 0.1) is 6.61 Å². The van der Waals surface area contributed by atoms with Gasteiger partial charge in [0.2, 0.25) is 5.79 Å². The molecule has 9 atom stereocenters. The Morgan fingerprint density at radius 3 is 2.08 bits per heavy atom. The van der Waals surface area contributed by atoms with Crippen LogP contribution in [-0.4, -0.2) is 115 Å². The van der Waals surface area contributed by atoms with E-state index in [1.807, 2.05) is 0 Å². The van der Waals surface area contributed by atoms with Gasteiger partial charge in [-0.05, 0) is 0 Å². The summed E-state index contributed by atoms with van der Waals surface area (Å²) in [6, 6.07) is 0. The SMILES string of the molecule is O=C(O)C1OC(O[C@]2(CO)OC(CO)C(O)C2O)C(O)C(O)C1O. The molecule has 2 aliphatic rings. The van der Waals surface area contributed by atoms with E-state index in [0.29, 0.717) is 0 Å². The van der Waals surface area contributed by atoms with Gasteiger partial charge < -0.3 is 55.1 Å². The van der Waals surface area contributed by atoms with Gasteiger partial charge in [-0.1, -0.05) is 0 Å². The summed E-state index contributed by atoms with van der Waals surface area (Å²) in [4.78, 5) is 11.0. The molecule has 0 spiro atoms. The average Bonchev–Trinajstić information content (AvgIpc) is 2.80. The number of ether oxygens (including phenoxy) is 3. The number of aliphatic carboxylic acids is 1. The molecule has 2 saturated heterocycles. The second kappa shape index (κ2) is 7.13. The van der Waals surface area contributed by atoms with Crippen molar-refractivity contribution in [2.24, 2.45) is 0 Å². The first-order valence-electron chi connectivity index (χ1n) is 7.04. The lowest BCUT2D eigenvalue weighted by atomic mass is 9.98. The molecule has 140 valence electrons. The number of hydrogen-bond donors (Lipinski definition) is 8. The smallest absolute Gasteiger partial charge is 0.335 e. The van der Waals surface area contributed by atoms with Crippen molar-refractivity contribution in [2.75, 3.05) is 13.2 Å². The quantitative estimate of drug-likeness (QED) is 0.232. The molecule has 8 N–H and O–H groups in total. The molecule has 2 heterocycles. The lowest BCUT2D eigenvalue weighted by Crippen LogP contribution is -2.63. The molecule has 0 aromatic carbocycles. The second-order valence-corrected chi connectivity index (χ2v) is 5.60. The van der Waals surface area contributed by atoms with Crippen LogP contribution in [0.5, 0.6) is 0 Å². The van der Waals surface area contributed by atoms with Crippen LogP contribution in [0, 0.1) is 0 Å². The van der Waals surface area contributed by atoms with Gasteiger partial charge in [-0.2, -0.15) is 0 Å². The van der Waals surface area contributed by atoms with Crippen LogP contribution in [0.3, 0.4) is 0 Å². The minimum Gasteiger partial charge on any atom is -0.479 e. The first kappa shape index (κ1) is 19.4. The summed E-state index contributed by atoms with van der Waals surface area (Å²) in [5.74, 6) is -4.00. The molecule has 0 amide bonds. The van der Waals surface area contributed by atoms with Gasteiger partial charge in [0, 0.05) is 0 Å². The summed E-state index contributed by atoms with van der Waals surface area (Å²) in [6.45, 7) is -1.78. The third-order valence-electron chi connectivity index (χ3n) is 4.03. The van der Waals surface area contributed by atoms with E-state index in [0.717, 1.165) is 0 Å². The van der Waals surface area contributed by atoms with Crippen molar-refractivity contribution < 1.29 is 59.9 Å². The van der Waals surface area contributed by atoms with Crippen molar-refractivity contribution in [2.45, 2.75) is 54.8 Å². The van der Waals surface area contributed by atoms with Crippen molar-refractivity contribution in [1.29, 1.82) is 0 Å². The number of rotatable bonds is 5. The van der Waals surface area contributed by atoms with Crippen LogP contribution in [0.25, 0.3) is 0 Å². The second-order valence-electron chi connectivity index (χ2n) is 5.60. The number of carboxylic acids is 1. The van der Waals surface area contributed by atoms with E-state index in [1.54, 1.807) is 0 Å². The van der Waals surface area contributed by atoms with E-state index in [2.05, 4.69) is 0 Å². The highest BCUT2D eigenvalue weighted by Crippen LogP contribution is 2.35. The summed E-state index contributed by atoms with van der Waals surface area (Å²) in [7, 11) is 0. The summed E-state index contributed by atoms with van der Waals surface area (Å²) >= 11 is 0. The van der Waals surface area contributed by atoms with Crippen molar-refractivity contribution >= 4 is 5.97 Å². The molecule has 0 bridgehead atoms. The Balaban J connectivity index is 2.22. The van der Waals surface area contributed by atoms with Crippen LogP contribution >= 0.6 is 0 Å². The fourth-order valence-electron chi connectivity index (χ4n) is 2.62. The van der Waals surface area contributed by atoms with Crippen LogP contribution in [0.15, 0.2) is 0 Å². The molecule has 0 aromatic rings. The Hall–Kier alpha value is -0.930. The maximum absolute atomic E-state index is 11.0. The molecule has 0 aliphatic carbocycles. The zero-order valence-corrected chi connectivity index (χ0v) is 12.2. The highest BCUT2D eigenvalue weighted by molar-refractivity contribution is 5.73. The molecule has 0 saturated carbocycles. The first-order valence-corrected chi connectivity index (χ1v) is 7.04. The Kier molecular flexibility index (Phi) is 5.76. The molecule has 2 rings (SSSR count). The van der Waals surface area contributed by atoms with Crippen LogP contribution in [0.2, 0.25) is 0 Å². The molecule has 8 unspecified atom stereocenters. The summed E-state index contributed by atoms with van der Waals surface area (Å²) in [5.41, 5.74) is 0. The molecule has 0 radical (unpaired) electrons. The molecule has 12 heteroatoms. The Morgan fingerprint density at radius 2 is 1.62 bits per heavy atom. The third-order valence-corrected chi connectivity index (χ3v) is 4.03. The number of carbonyl (C=O) groups is 1. The van der Waals surface area contributed by atoms with Crippen molar-refractivity contribution in [3.05, 3.63) is 0 Å². The topological polar surface area (TPSA) is 207 Å². The van der Waals surface area contributed by atoms with Crippen LogP contribution in [0.1, 0.15) is 0 Å². The summed E-state index contributed by atoms with van der Waals surface area (Å²) in [6.07, 6.45) is -14.6. The molecular formula is C12H20O12. The predicted molar refractivity (Wildman–Crippen MR) is 69.2 cm³/mol. The predicted octanol–water partition coefficient (Wildman–Crippen LogP) is -5.30. The van der Waals surface area contributed by atoms with Crippen LogP contribution in [0.4, 0.5) is 0 Å². The van der Waals surface area contributed by atoms with Crippen molar-refractivity contribution in [3.8, 4) is 0 Å². The number of hydrogen-bond acceptors (Lipinski definition) is 11. The minimum atomic E-state index is -2.34. The van der Waals surface area contributed by atoms with E-state index in [4.69, 9.17) is 24.4 Å². The zero-order valence-electron chi connectivity index (χ0n) is 12.2. The van der Waals surface area contributed by atoms with Gasteiger partial charge in [-0.3, -0.25) is 0 Å². The number of aliphatic hydroxyl groups excluding tert-OH is 7. The van der Waals surface area contributed by atoms with Crippen molar-refractivity contribution in [1.82, 2.24) is 0 Å². The summed E-state index contributed by atoms with van der Waals surface area (Å²) < 4.78 is 15.0. The molecule has 12 nitrogen and oxygen atoms in total. The monoisotopic (exact) mass is 356 g/mol. The fraction of sp³-hybridized carbons (Fsp3) is 0.917. The van der Waals surface area contributed by atoms with Crippen LogP contribution < -0.4 is 0 Å². The van der Waals surface area contributed by atoms with Gasteiger partial charge in [0.15, 0.2) is 12.4 Å². The van der Waals surface area contributed by atoms with E-state index in [1.165, 1.54) is 0 Å². The number of aliphatic hydroxyl groups is 7. The van der Waals surface area contributed by atoms with Gasteiger partial charge >= 0.3 is 5.97 Å². The minimum absolute atomic E-state index is 0.726. The van der Waals surface area contributed by atoms with E-state index < -0.39 is 74.0 Å². The van der Waals surface area contributed by atoms with Crippen molar-refractivity contribution in [3.63, 3.8) is 0 Å².